The SMILES string of the molecule is C[C@H](O)CN1CCC(N)C1. The normalized spacial score (nSPS) is 30.9. The van der Waals surface area contributed by atoms with Gasteiger partial charge in [-0.1, -0.05) is 0 Å². The van der Waals surface area contributed by atoms with E-state index in [1.165, 1.54) is 0 Å². The zero-order valence-corrected chi connectivity index (χ0v) is 6.45. The van der Waals surface area contributed by atoms with Gasteiger partial charge in [-0.05, 0) is 19.9 Å². The van der Waals surface area contributed by atoms with Crippen molar-refractivity contribution in [3.05, 3.63) is 0 Å². The molecule has 3 nitrogen and oxygen atoms in total. The van der Waals surface area contributed by atoms with E-state index < -0.39 is 0 Å². The topological polar surface area (TPSA) is 49.5 Å². The van der Waals surface area contributed by atoms with Gasteiger partial charge in [0, 0.05) is 19.1 Å². The lowest BCUT2D eigenvalue weighted by Crippen LogP contribution is -2.31. The summed E-state index contributed by atoms with van der Waals surface area (Å²) in [6.07, 6.45) is 0.859. The molecule has 2 atom stereocenters. The third-order valence-corrected chi connectivity index (χ3v) is 1.83. The lowest BCUT2D eigenvalue weighted by atomic mass is 10.3. The average molecular weight is 144 g/mol. The Morgan fingerprint density at radius 1 is 1.80 bits per heavy atom. The van der Waals surface area contributed by atoms with Crippen LogP contribution in [0.4, 0.5) is 0 Å². The van der Waals surface area contributed by atoms with Crippen LogP contribution in [-0.4, -0.2) is 41.8 Å². The van der Waals surface area contributed by atoms with Crippen molar-refractivity contribution in [2.45, 2.75) is 25.5 Å². The molecule has 0 aliphatic carbocycles. The molecule has 60 valence electrons. The van der Waals surface area contributed by atoms with Crippen molar-refractivity contribution in [1.29, 1.82) is 0 Å². The maximum atomic E-state index is 9.02. The van der Waals surface area contributed by atoms with Crippen LogP contribution in [0.15, 0.2) is 0 Å². The minimum atomic E-state index is -0.217. The van der Waals surface area contributed by atoms with E-state index in [1.54, 1.807) is 0 Å². The molecule has 0 bridgehead atoms. The number of hydrogen-bond donors (Lipinski definition) is 2. The quantitative estimate of drug-likeness (QED) is 0.544. The van der Waals surface area contributed by atoms with Crippen LogP contribution in [0.3, 0.4) is 0 Å². The molecule has 1 unspecified atom stereocenters. The van der Waals surface area contributed by atoms with Gasteiger partial charge in [0.15, 0.2) is 0 Å². The fourth-order valence-electron chi connectivity index (χ4n) is 1.40. The highest BCUT2D eigenvalue weighted by atomic mass is 16.3. The zero-order valence-electron chi connectivity index (χ0n) is 6.45. The Balaban J connectivity index is 2.18. The molecule has 1 aliphatic rings. The summed E-state index contributed by atoms with van der Waals surface area (Å²) in [4.78, 5) is 2.20. The Hall–Kier alpha value is -0.120. The second-order valence-electron chi connectivity index (χ2n) is 3.16. The van der Waals surface area contributed by atoms with Crippen LogP contribution in [0.1, 0.15) is 13.3 Å². The molecule has 1 fully saturated rings. The lowest BCUT2D eigenvalue weighted by molar-refractivity contribution is 0.140. The van der Waals surface area contributed by atoms with Gasteiger partial charge in [0.05, 0.1) is 6.10 Å². The summed E-state index contributed by atoms with van der Waals surface area (Å²) < 4.78 is 0. The first-order valence-electron chi connectivity index (χ1n) is 3.84. The number of β-amino-alcohol motifs (C(OH)–C–C–N with tert-alkyl or cyclic N) is 1. The maximum Gasteiger partial charge on any atom is 0.0639 e. The summed E-state index contributed by atoms with van der Waals surface area (Å²) in [6.45, 7) is 4.58. The highest BCUT2D eigenvalue weighted by molar-refractivity contribution is 4.78. The lowest BCUT2D eigenvalue weighted by Gasteiger charge is -2.16. The van der Waals surface area contributed by atoms with Crippen LogP contribution in [-0.2, 0) is 0 Å². The molecule has 1 heterocycles. The Labute approximate surface area is 61.8 Å². The molecule has 0 spiro atoms. The van der Waals surface area contributed by atoms with Crippen LogP contribution >= 0.6 is 0 Å². The number of aliphatic hydroxyl groups excluding tert-OH is 1. The molecular formula is C7H16N2O. The second kappa shape index (κ2) is 3.32. The second-order valence-corrected chi connectivity index (χ2v) is 3.16. The number of nitrogens with two attached hydrogens (primary N) is 1. The van der Waals surface area contributed by atoms with Crippen molar-refractivity contribution in [3.63, 3.8) is 0 Å². The predicted molar refractivity (Wildman–Crippen MR) is 40.7 cm³/mol. The minimum Gasteiger partial charge on any atom is -0.392 e. The first-order valence-corrected chi connectivity index (χ1v) is 3.84. The van der Waals surface area contributed by atoms with Crippen molar-refractivity contribution in [2.75, 3.05) is 19.6 Å². The van der Waals surface area contributed by atoms with Crippen molar-refractivity contribution < 1.29 is 5.11 Å². The number of rotatable bonds is 2. The Kier molecular flexibility index (Phi) is 2.65. The molecule has 1 aliphatic heterocycles. The maximum absolute atomic E-state index is 9.02. The van der Waals surface area contributed by atoms with E-state index in [2.05, 4.69) is 4.90 Å². The highest BCUT2D eigenvalue weighted by Crippen LogP contribution is 2.06. The van der Waals surface area contributed by atoms with E-state index in [-0.39, 0.29) is 6.10 Å². The number of aliphatic hydroxyl groups is 1. The van der Waals surface area contributed by atoms with E-state index in [0.717, 1.165) is 26.1 Å². The van der Waals surface area contributed by atoms with Crippen LogP contribution in [0.2, 0.25) is 0 Å². The van der Waals surface area contributed by atoms with Gasteiger partial charge in [-0.15, -0.1) is 0 Å². The van der Waals surface area contributed by atoms with Crippen molar-refractivity contribution >= 4 is 0 Å². The van der Waals surface area contributed by atoms with Crippen LogP contribution in [0.25, 0.3) is 0 Å². The summed E-state index contributed by atoms with van der Waals surface area (Å²) in [7, 11) is 0. The third kappa shape index (κ3) is 2.25. The smallest absolute Gasteiger partial charge is 0.0639 e. The van der Waals surface area contributed by atoms with E-state index >= 15 is 0 Å². The molecule has 3 N–H and O–H groups in total. The largest absolute Gasteiger partial charge is 0.392 e. The third-order valence-electron chi connectivity index (χ3n) is 1.83. The van der Waals surface area contributed by atoms with E-state index in [1.807, 2.05) is 6.92 Å². The first kappa shape index (κ1) is 7.98. The molecule has 0 aromatic rings. The zero-order chi connectivity index (χ0) is 7.56. The summed E-state index contributed by atoms with van der Waals surface area (Å²) >= 11 is 0. The molecule has 0 amide bonds. The standard InChI is InChI=1S/C7H16N2O/c1-6(10)4-9-3-2-7(8)5-9/h6-7,10H,2-5,8H2,1H3/t6-,7?/m0/s1. The highest BCUT2D eigenvalue weighted by Gasteiger charge is 2.19. The molecule has 3 heteroatoms. The van der Waals surface area contributed by atoms with Crippen molar-refractivity contribution in [2.24, 2.45) is 5.73 Å². The summed E-state index contributed by atoms with van der Waals surface area (Å²) in [5.41, 5.74) is 5.68. The monoisotopic (exact) mass is 144 g/mol. The van der Waals surface area contributed by atoms with Crippen LogP contribution < -0.4 is 5.73 Å². The number of hydrogen-bond acceptors (Lipinski definition) is 3. The molecular weight excluding hydrogens is 128 g/mol. The first-order chi connectivity index (χ1) is 4.68. The molecule has 10 heavy (non-hydrogen) atoms. The Morgan fingerprint density at radius 2 is 2.50 bits per heavy atom. The fourth-order valence-corrected chi connectivity index (χ4v) is 1.40. The Morgan fingerprint density at radius 3 is 2.90 bits per heavy atom. The molecule has 0 aromatic heterocycles. The molecule has 0 radical (unpaired) electrons. The molecule has 1 rings (SSSR count). The summed E-state index contributed by atoms with van der Waals surface area (Å²) in [6, 6.07) is 0.332. The van der Waals surface area contributed by atoms with E-state index in [0.29, 0.717) is 6.04 Å². The molecule has 1 saturated heterocycles. The average Bonchev–Trinajstić information content (AvgIpc) is 2.13. The van der Waals surface area contributed by atoms with Gasteiger partial charge < -0.3 is 10.8 Å². The van der Waals surface area contributed by atoms with Gasteiger partial charge >= 0.3 is 0 Å². The number of nitrogens with zero attached hydrogens (tertiary/aromatic N) is 1. The molecule has 0 saturated carbocycles. The van der Waals surface area contributed by atoms with Gasteiger partial charge in [-0.25, -0.2) is 0 Å². The van der Waals surface area contributed by atoms with Crippen LogP contribution in [0, 0.1) is 0 Å². The predicted octanol–water partition coefficient (Wildman–Crippen LogP) is -0.600. The van der Waals surface area contributed by atoms with Gasteiger partial charge in [0.1, 0.15) is 0 Å². The van der Waals surface area contributed by atoms with Gasteiger partial charge in [0.2, 0.25) is 0 Å². The van der Waals surface area contributed by atoms with Crippen LogP contribution in [0.5, 0.6) is 0 Å². The van der Waals surface area contributed by atoms with E-state index in [9.17, 15) is 0 Å². The number of likely N-dealkylation sites (tertiary alicyclic amines) is 1. The molecule has 0 aromatic carbocycles. The Bertz CT molecular complexity index is 106. The van der Waals surface area contributed by atoms with Gasteiger partial charge in [0.25, 0.3) is 0 Å². The van der Waals surface area contributed by atoms with Crippen molar-refractivity contribution in [3.8, 4) is 0 Å². The van der Waals surface area contributed by atoms with E-state index in [4.69, 9.17) is 10.8 Å². The summed E-state index contributed by atoms with van der Waals surface area (Å²) in [5.74, 6) is 0. The van der Waals surface area contributed by atoms with Gasteiger partial charge in [-0.3, -0.25) is 4.90 Å². The fraction of sp³-hybridized carbons (Fsp3) is 1.00. The minimum absolute atomic E-state index is 0.217. The van der Waals surface area contributed by atoms with Crippen molar-refractivity contribution in [1.82, 2.24) is 4.90 Å². The summed E-state index contributed by atoms with van der Waals surface area (Å²) in [5, 5.41) is 9.02. The van der Waals surface area contributed by atoms with Gasteiger partial charge in [-0.2, -0.15) is 0 Å².